The summed E-state index contributed by atoms with van der Waals surface area (Å²) >= 11 is 0. The molecule has 3 N–H and O–H groups in total. The third-order valence-corrected chi connectivity index (χ3v) is 4.77. The van der Waals surface area contributed by atoms with Gasteiger partial charge >= 0.3 is 0 Å². The third kappa shape index (κ3) is 5.27. The molecular formula is C24H32N2O4. The average molecular weight is 413 g/mol. The first-order valence-electron chi connectivity index (χ1n) is 9.82. The van der Waals surface area contributed by atoms with Crippen molar-refractivity contribution in [3.05, 3.63) is 59.8 Å². The van der Waals surface area contributed by atoms with Crippen LogP contribution in [-0.4, -0.2) is 35.0 Å². The van der Waals surface area contributed by atoms with Crippen molar-refractivity contribution < 1.29 is 18.9 Å². The summed E-state index contributed by atoms with van der Waals surface area (Å²) < 4.78 is 22.0. The maximum atomic E-state index is 5.61. The van der Waals surface area contributed by atoms with Gasteiger partial charge in [0.25, 0.3) is 0 Å². The molecule has 2 aromatic rings. The van der Waals surface area contributed by atoms with Gasteiger partial charge in [-0.05, 0) is 67.3 Å². The minimum absolute atomic E-state index is 0.562. The van der Waals surface area contributed by atoms with Crippen LogP contribution in [0.4, 0.5) is 5.69 Å². The van der Waals surface area contributed by atoms with E-state index in [4.69, 9.17) is 24.7 Å². The fourth-order valence-corrected chi connectivity index (χ4v) is 3.28. The average Bonchev–Trinajstić information content (AvgIpc) is 2.77. The van der Waals surface area contributed by atoms with Crippen molar-refractivity contribution in [2.45, 2.75) is 19.8 Å². The Morgan fingerprint density at radius 2 is 1.57 bits per heavy atom. The monoisotopic (exact) mass is 412 g/mol. The number of allylic oxidation sites excluding steroid dienone is 2. The Morgan fingerprint density at radius 1 is 0.933 bits per heavy atom. The molecule has 0 saturated heterocycles. The van der Waals surface area contributed by atoms with Crippen LogP contribution in [0.5, 0.6) is 23.0 Å². The Balaban J connectivity index is 2.49. The summed E-state index contributed by atoms with van der Waals surface area (Å²) in [6, 6.07) is 9.88. The predicted octanol–water partition coefficient (Wildman–Crippen LogP) is 4.84. The first kappa shape index (κ1) is 23.2. The summed E-state index contributed by atoms with van der Waals surface area (Å²) in [6.07, 6.45) is 3.72. The predicted molar refractivity (Wildman–Crippen MR) is 123 cm³/mol. The second-order valence-corrected chi connectivity index (χ2v) is 6.65. The van der Waals surface area contributed by atoms with Crippen LogP contribution < -0.4 is 30.0 Å². The van der Waals surface area contributed by atoms with E-state index in [9.17, 15) is 0 Å². The lowest BCUT2D eigenvalue weighted by molar-refractivity contribution is 0.324. The van der Waals surface area contributed by atoms with Gasteiger partial charge in [0, 0.05) is 5.70 Å². The molecular weight excluding hydrogens is 380 g/mol. The minimum Gasteiger partial charge on any atom is -0.495 e. The van der Waals surface area contributed by atoms with Crippen LogP contribution in [-0.2, 0) is 0 Å². The van der Waals surface area contributed by atoms with Gasteiger partial charge in [0.15, 0.2) is 11.5 Å². The number of nitrogens with one attached hydrogen (secondary N) is 1. The molecule has 0 aliphatic rings. The van der Waals surface area contributed by atoms with E-state index >= 15 is 0 Å². The number of anilines is 1. The van der Waals surface area contributed by atoms with Gasteiger partial charge in [0.2, 0.25) is 5.75 Å². The Morgan fingerprint density at radius 3 is 2.07 bits per heavy atom. The zero-order valence-corrected chi connectivity index (χ0v) is 18.5. The lowest BCUT2D eigenvalue weighted by atomic mass is 9.96. The molecule has 0 aliphatic carbocycles. The number of benzene rings is 2. The van der Waals surface area contributed by atoms with Gasteiger partial charge in [0.1, 0.15) is 5.75 Å². The lowest BCUT2D eigenvalue weighted by Crippen LogP contribution is -2.05. The summed E-state index contributed by atoms with van der Waals surface area (Å²) in [6.45, 7) is 6.72. The quantitative estimate of drug-likeness (QED) is 0.550. The van der Waals surface area contributed by atoms with Crippen LogP contribution in [0.15, 0.2) is 48.7 Å². The molecule has 162 valence electrons. The molecule has 0 atom stereocenters. The summed E-state index contributed by atoms with van der Waals surface area (Å²) in [5.41, 5.74) is 10.3. The van der Waals surface area contributed by atoms with E-state index in [-0.39, 0.29) is 0 Å². The molecule has 0 bridgehead atoms. The second kappa shape index (κ2) is 11.2. The Bertz CT molecular complexity index is 881. The number of nitrogens with two attached hydrogens (primary N) is 1. The van der Waals surface area contributed by atoms with Crippen LogP contribution in [0, 0.1) is 0 Å². The fourth-order valence-electron chi connectivity index (χ4n) is 3.28. The van der Waals surface area contributed by atoms with Gasteiger partial charge in [-0.15, -0.1) is 0 Å². The van der Waals surface area contributed by atoms with E-state index in [1.54, 1.807) is 28.4 Å². The first-order chi connectivity index (χ1) is 14.5. The van der Waals surface area contributed by atoms with Crippen molar-refractivity contribution in [2.75, 3.05) is 40.3 Å². The molecule has 0 amide bonds. The third-order valence-electron chi connectivity index (χ3n) is 4.77. The van der Waals surface area contributed by atoms with Crippen LogP contribution in [0.3, 0.4) is 0 Å². The molecule has 6 heteroatoms. The molecule has 0 radical (unpaired) electrons. The Kier molecular flexibility index (Phi) is 8.62. The van der Waals surface area contributed by atoms with Crippen LogP contribution in [0.1, 0.15) is 30.9 Å². The lowest BCUT2D eigenvalue weighted by Gasteiger charge is -2.18. The summed E-state index contributed by atoms with van der Waals surface area (Å²) in [4.78, 5) is 0. The minimum atomic E-state index is 0.562. The molecule has 30 heavy (non-hydrogen) atoms. The first-order valence-corrected chi connectivity index (χ1v) is 9.82. The number of methoxy groups -OCH3 is 4. The molecule has 0 unspecified atom stereocenters. The highest BCUT2D eigenvalue weighted by Gasteiger charge is 2.17. The van der Waals surface area contributed by atoms with Crippen molar-refractivity contribution in [2.24, 2.45) is 5.73 Å². The number of hydrogen-bond acceptors (Lipinski definition) is 6. The highest BCUT2D eigenvalue weighted by atomic mass is 16.5. The van der Waals surface area contributed by atoms with Crippen molar-refractivity contribution in [3.8, 4) is 23.0 Å². The fraction of sp³-hybridized carbons (Fsp3) is 0.333. The Labute approximate surface area is 179 Å². The van der Waals surface area contributed by atoms with Crippen molar-refractivity contribution >= 4 is 11.3 Å². The van der Waals surface area contributed by atoms with Crippen molar-refractivity contribution in [1.29, 1.82) is 0 Å². The molecule has 0 saturated carbocycles. The summed E-state index contributed by atoms with van der Waals surface area (Å²) in [5.74, 6) is 2.52. The van der Waals surface area contributed by atoms with Gasteiger partial charge in [0.05, 0.1) is 34.1 Å². The molecule has 0 heterocycles. The normalized spacial score (nSPS) is 11.1. The second-order valence-electron chi connectivity index (χ2n) is 6.65. The number of rotatable bonds is 11. The summed E-state index contributed by atoms with van der Waals surface area (Å²) in [5, 5.41) is 3.36. The van der Waals surface area contributed by atoms with Gasteiger partial charge < -0.3 is 30.0 Å². The summed E-state index contributed by atoms with van der Waals surface area (Å²) in [7, 11) is 6.46. The highest BCUT2D eigenvalue weighted by molar-refractivity contribution is 5.84. The number of hydrogen-bond donors (Lipinski definition) is 2. The molecule has 2 aromatic carbocycles. The molecule has 0 fully saturated rings. The number of ether oxygens (including phenoxy) is 4. The van der Waals surface area contributed by atoms with Crippen LogP contribution >= 0.6 is 0 Å². The smallest absolute Gasteiger partial charge is 0.203 e. The molecule has 0 aliphatic heterocycles. The molecule has 0 aromatic heterocycles. The molecule has 0 spiro atoms. The van der Waals surface area contributed by atoms with E-state index in [1.165, 1.54) is 0 Å². The zero-order chi connectivity index (χ0) is 22.1. The maximum absolute atomic E-state index is 5.61. The molecule has 2 rings (SSSR count). The van der Waals surface area contributed by atoms with Crippen LogP contribution in [0.2, 0.25) is 0 Å². The van der Waals surface area contributed by atoms with E-state index in [2.05, 4.69) is 18.0 Å². The van der Waals surface area contributed by atoms with Crippen LogP contribution in [0.25, 0.3) is 5.57 Å². The Hall–Kier alpha value is -3.12. The van der Waals surface area contributed by atoms with Gasteiger partial charge in [-0.2, -0.15) is 0 Å². The van der Waals surface area contributed by atoms with Gasteiger partial charge in [-0.3, -0.25) is 0 Å². The highest BCUT2D eigenvalue weighted by Crippen LogP contribution is 2.41. The SMILES string of the molecule is C=C(CCCN)Nc1cc(C(=CC)c2cc(OC)c(OC)c(OC)c2)ccc1OC. The van der Waals surface area contributed by atoms with E-state index < -0.39 is 0 Å². The van der Waals surface area contributed by atoms with Gasteiger partial charge in [-0.25, -0.2) is 0 Å². The largest absolute Gasteiger partial charge is 0.495 e. The van der Waals surface area contributed by atoms with Crippen molar-refractivity contribution in [1.82, 2.24) is 0 Å². The van der Waals surface area contributed by atoms with E-state index in [0.29, 0.717) is 23.8 Å². The van der Waals surface area contributed by atoms with E-state index in [1.807, 2.05) is 37.3 Å². The molecule has 6 nitrogen and oxygen atoms in total. The van der Waals surface area contributed by atoms with Gasteiger partial charge in [-0.1, -0.05) is 18.7 Å². The van der Waals surface area contributed by atoms with Crippen molar-refractivity contribution in [3.63, 3.8) is 0 Å². The zero-order valence-electron chi connectivity index (χ0n) is 18.5. The topological polar surface area (TPSA) is 75.0 Å². The standard InChI is InChI=1S/C24H32N2O4/c1-7-19(18-14-22(28-4)24(30-6)23(15-18)29-5)17-10-11-21(27-3)20(13-17)26-16(2)9-8-12-25/h7,10-11,13-15,26H,2,8-9,12,25H2,1,3-6H3. The van der Waals surface area contributed by atoms with E-state index in [0.717, 1.165) is 46.7 Å². The maximum Gasteiger partial charge on any atom is 0.203 e.